The molecular formula is C34H48P+. The summed E-state index contributed by atoms with van der Waals surface area (Å²) in [5.41, 5.74) is 0. The van der Waals surface area contributed by atoms with Crippen LogP contribution in [0, 0.1) is 17.8 Å². The first kappa shape index (κ1) is 27.7. The molecule has 0 N–H and O–H groups in total. The van der Waals surface area contributed by atoms with Gasteiger partial charge in [0.05, 0.1) is 6.16 Å². The average molecular weight is 488 g/mol. The van der Waals surface area contributed by atoms with E-state index in [0.717, 1.165) is 17.8 Å². The highest BCUT2D eigenvalue weighted by Gasteiger charge is 2.44. The van der Waals surface area contributed by atoms with Crippen molar-refractivity contribution in [2.75, 3.05) is 6.16 Å². The van der Waals surface area contributed by atoms with E-state index < -0.39 is 7.26 Å². The van der Waals surface area contributed by atoms with Crippen molar-refractivity contribution in [2.45, 2.75) is 79.1 Å². The molecule has 3 rings (SSSR count). The molecule has 0 spiro atoms. The molecule has 1 heteroatoms. The molecule has 0 aliphatic rings. The number of hydrogen-bond acceptors (Lipinski definition) is 0. The second kappa shape index (κ2) is 14.6. The lowest BCUT2D eigenvalue weighted by molar-refractivity contribution is 0.391. The second-order valence-corrected chi connectivity index (χ2v) is 14.8. The third-order valence-electron chi connectivity index (χ3n) is 7.65. The van der Waals surface area contributed by atoms with Crippen LogP contribution in [0.2, 0.25) is 0 Å². The normalized spacial score (nSPS) is 13.6. The molecule has 0 aliphatic heterocycles. The van der Waals surface area contributed by atoms with E-state index in [1.54, 1.807) is 0 Å². The zero-order chi connectivity index (χ0) is 24.9. The van der Waals surface area contributed by atoms with Gasteiger partial charge in [-0.1, -0.05) is 121 Å². The molecule has 0 fully saturated rings. The SMILES string of the molecule is CC(C)CCCC(C)CCCC(C)CCC[P+](c1ccccc1)(c1ccccc1)c1ccccc1. The van der Waals surface area contributed by atoms with Crippen LogP contribution < -0.4 is 15.9 Å². The van der Waals surface area contributed by atoms with Gasteiger partial charge in [0.1, 0.15) is 23.2 Å². The Morgan fingerprint density at radius 3 is 1.17 bits per heavy atom. The quantitative estimate of drug-likeness (QED) is 0.188. The van der Waals surface area contributed by atoms with E-state index >= 15 is 0 Å². The van der Waals surface area contributed by atoms with Gasteiger partial charge in [-0.25, -0.2) is 0 Å². The summed E-state index contributed by atoms with van der Waals surface area (Å²) >= 11 is 0. The fraction of sp³-hybridized carbons (Fsp3) is 0.471. The van der Waals surface area contributed by atoms with Gasteiger partial charge >= 0.3 is 0 Å². The van der Waals surface area contributed by atoms with E-state index in [-0.39, 0.29) is 0 Å². The predicted molar refractivity (Wildman–Crippen MR) is 160 cm³/mol. The van der Waals surface area contributed by atoms with Gasteiger partial charge in [0, 0.05) is 0 Å². The lowest BCUT2D eigenvalue weighted by Crippen LogP contribution is -2.33. The maximum Gasteiger partial charge on any atom is 0.112 e. The van der Waals surface area contributed by atoms with Crippen molar-refractivity contribution >= 4 is 23.2 Å². The van der Waals surface area contributed by atoms with Gasteiger partial charge in [-0.2, -0.15) is 0 Å². The van der Waals surface area contributed by atoms with Crippen molar-refractivity contribution in [1.82, 2.24) is 0 Å². The Morgan fingerprint density at radius 2 is 0.800 bits per heavy atom. The summed E-state index contributed by atoms with van der Waals surface area (Å²) in [6.07, 6.45) is 12.2. The molecule has 35 heavy (non-hydrogen) atoms. The zero-order valence-corrected chi connectivity index (χ0v) is 23.6. The zero-order valence-electron chi connectivity index (χ0n) is 22.7. The maximum absolute atomic E-state index is 2.48. The molecule has 3 aromatic rings. The predicted octanol–water partition coefficient (Wildman–Crippen LogP) is 9.03. The summed E-state index contributed by atoms with van der Waals surface area (Å²) in [6, 6.07) is 34.0. The van der Waals surface area contributed by atoms with Crippen LogP contribution in [0.25, 0.3) is 0 Å². The molecule has 0 aliphatic carbocycles. The number of hydrogen-bond donors (Lipinski definition) is 0. The molecule has 0 amide bonds. The van der Waals surface area contributed by atoms with Crippen molar-refractivity contribution < 1.29 is 0 Å². The molecule has 2 unspecified atom stereocenters. The fourth-order valence-corrected chi connectivity index (χ4v) is 9.91. The minimum atomic E-state index is -1.67. The average Bonchev–Trinajstić information content (AvgIpc) is 2.88. The maximum atomic E-state index is 2.48. The van der Waals surface area contributed by atoms with Crippen LogP contribution in [0.15, 0.2) is 91.0 Å². The Bertz CT molecular complexity index is 835. The van der Waals surface area contributed by atoms with Crippen molar-refractivity contribution in [1.29, 1.82) is 0 Å². The Kier molecular flexibility index (Phi) is 11.5. The van der Waals surface area contributed by atoms with Crippen molar-refractivity contribution in [3.63, 3.8) is 0 Å². The summed E-state index contributed by atoms with van der Waals surface area (Å²) in [4.78, 5) is 0. The van der Waals surface area contributed by atoms with Crippen LogP contribution in [-0.4, -0.2) is 6.16 Å². The Morgan fingerprint density at radius 1 is 0.457 bits per heavy atom. The fourth-order valence-electron chi connectivity index (χ4n) is 5.54. The first-order chi connectivity index (χ1) is 17.0. The Balaban J connectivity index is 1.65. The third kappa shape index (κ3) is 8.32. The van der Waals surface area contributed by atoms with Gasteiger partial charge in [0.2, 0.25) is 0 Å². The van der Waals surface area contributed by atoms with E-state index in [1.807, 2.05) is 0 Å². The van der Waals surface area contributed by atoms with Crippen LogP contribution in [0.4, 0.5) is 0 Å². The molecule has 0 bridgehead atoms. The van der Waals surface area contributed by atoms with Gasteiger partial charge < -0.3 is 0 Å². The van der Waals surface area contributed by atoms with Gasteiger partial charge in [-0.05, 0) is 67.0 Å². The van der Waals surface area contributed by atoms with Gasteiger partial charge in [0.25, 0.3) is 0 Å². The lowest BCUT2D eigenvalue weighted by Gasteiger charge is -2.28. The monoisotopic (exact) mass is 487 g/mol. The molecule has 3 aromatic carbocycles. The summed E-state index contributed by atoms with van der Waals surface area (Å²) in [7, 11) is -1.67. The lowest BCUT2D eigenvalue weighted by atomic mass is 9.92. The van der Waals surface area contributed by atoms with Gasteiger partial charge in [-0.15, -0.1) is 0 Å². The third-order valence-corrected chi connectivity index (χ3v) is 12.2. The van der Waals surface area contributed by atoms with Crippen molar-refractivity contribution in [2.24, 2.45) is 17.8 Å². The van der Waals surface area contributed by atoms with Crippen molar-refractivity contribution in [3.8, 4) is 0 Å². The van der Waals surface area contributed by atoms with E-state index in [1.165, 1.54) is 73.4 Å². The standard InChI is InChI=1S/C34H48P/c1-29(2)17-14-18-30(3)19-15-20-31(4)21-16-28-35(32-22-8-5-9-23-32,33-24-10-6-11-25-33)34-26-12-7-13-27-34/h5-13,22-27,29-31H,14-21,28H2,1-4H3/q+1. The smallest absolute Gasteiger partial charge is 0.0628 e. The summed E-state index contributed by atoms with van der Waals surface area (Å²) < 4.78 is 0. The highest BCUT2D eigenvalue weighted by atomic mass is 31.2. The van der Waals surface area contributed by atoms with E-state index in [9.17, 15) is 0 Å². The topological polar surface area (TPSA) is 0 Å². The molecular weight excluding hydrogens is 439 g/mol. The molecule has 0 heterocycles. The van der Waals surface area contributed by atoms with Crippen molar-refractivity contribution in [3.05, 3.63) is 91.0 Å². The summed E-state index contributed by atoms with van der Waals surface area (Å²) in [5, 5.41) is 4.54. The highest BCUT2D eigenvalue weighted by molar-refractivity contribution is 7.95. The molecule has 0 saturated heterocycles. The number of rotatable bonds is 15. The minimum Gasteiger partial charge on any atom is -0.0628 e. The van der Waals surface area contributed by atoms with Gasteiger partial charge in [0.15, 0.2) is 0 Å². The van der Waals surface area contributed by atoms with E-state index in [2.05, 4.69) is 119 Å². The Hall–Kier alpha value is -1.91. The van der Waals surface area contributed by atoms with Crippen LogP contribution in [0.3, 0.4) is 0 Å². The van der Waals surface area contributed by atoms with Crippen LogP contribution >= 0.6 is 7.26 Å². The van der Waals surface area contributed by atoms with Crippen LogP contribution in [0.5, 0.6) is 0 Å². The summed E-state index contributed by atoms with van der Waals surface area (Å²) in [5.74, 6) is 2.54. The van der Waals surface area contributed by atoms with E-state index in [0.29, 0.717) is 0 Å². The molecule has 0 saturated carbocycles. The van der Waals surface area contributed by atoms with E-state index in [4.69, 9.17) is 0 Å². The molecule has 188 valence electrons. The molecule has 0 radical (unpaired) electrons. The first-order valence-corrected chi connectivity index (χ1v) is 16.0. The first-order valence-electron chi connectivity index (χ1n) is 14.1. The summed E-state index contributed by atoms with van der Waals surface area (Å²) in [6.45, 7) is 9.63. The van der Waals surface area contributed by atoms with Crippen LogP contribution in [-0.2, 0) is 0 Å². The molecule has 0 nitrogen and oxygen atoms in total. The van der Waals surface area contributed by atoms with Gasteiger partial charge in [-0.3, -0.25) is 0 Å². The largest absolute Gasteiger partial charge is 0.112 e. The number of benzene rings is 3. The Labute approximate surface area is 216 Å². The van der Waals surface area contributed by atoms with Crippen LogP contribution in [0.1, 0.15) is 79.1 Å². The molecule has 0 aromatic heterocycles. The molecule has 2 atom stereocenters. The minimum absolute atomic E-state index is 0.807. The highest BCUT2D eigenvalue weighted by Crippen LogP contribution is 2.56. The second-order valence-electron chi connectivity index (χ2n) is 11.1.